The van der Waals surface area contributed by atoms with Gasteiger partial charge in [0.25, 0.3) is 5.56 Å². The lowest BCUT2D eigenvalue weighted by Crippen LogP contribution is -2.54. The summed E-state index contributed by atoms with van der Waals surface area (Å²) in [6.07, 6.45) is 3.44. The largest absolute Gasteiger partial charge is 0.302 e. The summed E-state index contributed by atoms with van der Waals surface area (Å²) in [7, 11) is 4.16. The van der Waals surface area contributed by atoms with E-state index < -0.39 is 0 Å². The van der Waals surface area contributed by atoms with E-state index in [2.05, 4.69) is 24.0 Å². The molecule has 1 aliphatic carbocycles. The molecule has 1 heterocycles. The van der Waals surface area contributed by atoms with E-state index >= 15 is 0 Å². The van der Waals surface area contributed by atoms with Gasteiger partial charge in [0.1, 0.15) is 5.82 Å². The molecule has 3 rings (SSSR count). The van der Waals surface area contributed by atoms with Crippen LogP contribution in [0, 0.1) is 0 Å². The Morgan fingerprint density at radius 1 is 1.33 bits per heavy atom. The molecule has 0 N–H and O–H groups in total. The summed E-state index contributed by atoms with van der Waals surface area (Å²) in [4.78, 5) is 19.6. The van der Waals surface area contributed by atoms with Gasteiger partial charge >= 0.3 is 0 Å². The van der Waals surface area contributed by atoms with Gasteiger partial charge in [-0.1, -0.05) is 12.1 Å². The van der Waals surface area contributed by atoms with Crippen molar-refractivity contribution in [3.8, 4) is 0 Å². The van der Waals surface area contributed by atoms with Gasteiger partial charge in [0.2, 0.25) is 0 Å². The second kappa shape index (κ2) is 5.43. The average Bonchev–Trinajstić information content (AvgIpc) is 2.44. The minimum atomic E-state index is 0.0179. The van der Waals surface area contributed by atoms with Crippen LogP contribution in [0.25, 0.3) is 10.9 Å². The molecule has 1 aromatic heterocycles. The molecule has 0 spiro atoms. The van der Waals surface area contributed by atoms with Crippen molar-refractivity contribution in [1.82, 2.24) is 14.5 Å². The highest BCUT2D eigenvalue weighted by atomic mass is 35.5. The van der Waals surface area contributed by atoms with Crippen molar-refractivity contribution in [1.29, 1.82) is 0 Å². The number of nitrogens with zero attached hydrogens (tertiary/aromatic N) is 3. The standard InChI is InChI=1S/C16H20ClN3O/c1-19(2)16(8-5-9-16)11-20-14(10-17)18-13-7-4-3-6-12(13)15(20)21/h3-4,6-7H,5,8-11H2,1-2H3. The Labute approximate surface area is 129 Å². The molecule has 1 saturated carbocycles. The first-order valence-corrected chi connectivity index (χ1v) is 7.83. The van der Waals surface area contributed by atoms with Crippen molar-refractivity contribution in [3.05, 3.63) is 40.4 Å². The molecule has 4 nitrogen and oxygen atoms in total. The number of benzene rings is 1. The monoisotopic (exact) mass is 305 g/mol. The summed E-state index contributed by atoms with van der Waals surface area (Å²) >= 11 is 6.04. The Balaban J connectivity index is 2.13. The minimum Gasteiger partial charge on any atom is -0.302 e. The Morgan fingerprint density at radius 2 is 2.05 bits per heavy atom. The quantitative estimate of drug-likeness (QED) is 0.815. The molecule has 2 aromatic rings. The number of para-hydroxylation sites is 1. The summed E-state index contributed by atoms with van der Waals surface area (Å²) in [6, 6.07) is 7.47. The fourth-order valence-electron chi connectivity index (χ4n) is 3.11. The van der Waals surface area contributed by atoms with Crippen LogP contribution in [0.15, 0.2) is 29.1 Å². The third kappa shape index (κ3) is 2.36. The normalized spacial score (nSPS) is 17.1. The zero-order valence-corrected chi connectivity index (χ0v) is 13.2. The predicted molar refractivity (Wildman–Crippen MR) is 85.8 cm³/mol. The van der Waals surface area contributed by atoms with Gasteiger partial charge in [-0.15, -0.1) is 11.6 Å². The lowest BCUT2D eigenvalue weighted by molar-refractivity contribution is 0.0406. The first-order chi connectivity index (χ1) is 10.1. The van der Waals surface area contributed by atoms with E-state index in [0.717, 1.165) is 18.4 Å². The first-order valence-electron chi connectivity index (χ1n) is 7.29. The highest BCUT2D eigenvalue weighted by molar-refractivity contribution is 6.16. The lowest BCUT2D eigenvalue weighted by atomic mass is 9.75. The van der Waals surface area contributed by atoms with Crippen molar-refractivity contribution in [2.75, 3.05) is 14.1 Å². The summed E-state index contributed by atoms with van der Waals surface area (Å²) in [5.74, 6) is 0.914. The zero-order chi connectivity index (χ0) is 15.0. The van der Waals surface area contributed by atoms with E-state index in [1.807, 2.05) is 24.3 Å². The Bertz CT molecular complexity index is 719. The maximum atomic E-state index is 12.8. The molecular weight excluding hydrogens is 286 g/mol. The van der Waals surface area contributed by atoms with Crippen LogP contribution in [0.4, 0.5) is 0 Å². The molecule has 112 valence electrons. The van der Waals surface area contributed by atoms with Crippen LogP contribution >= 0.6 is 11.6 Å². The highest BCUT2D eigenvalue weighted by Gasteiger charge is 2.40. The van der Waals surface area contributed by atoms with Gasteiger partial charge in [-0.2, -0.15) is 0 Å². The summed E-state index contributed by atoms with van der Waals surface area (Å²) in [5, 5.41) is 0.666. The zero-order valence-electron chi connectivity index (χ0n) is 12.5. The SMILES string of the molecule is CN(C)C1(Cn2c(CCl)nc3ccccc3c2=O)CCC1. The number of rotatable bonds is 4. The molecule has 0 bridgehead atoms. The molecule has 0 atom stereocenters. The van der Waals surface area contributed by atoms with Gasteiger partial charge in [-0.3, -0.25) is 9.36 Å². The first kappa shape index (κ1) is 14.5. The highest BCUT2D eigenvalue weighted by Crippen LogP contribution is 2.37. The molecule has 0 unspecified atom stereocenters. The van der Waals surface area contributed by atoms with Crippen LogP contribution in [-0.4, -0.2) is 34.1 Å². The van der Waals surface area contributed by atoms with Crippen molar-refractivity contribution < 1.29 is 0 Å². The molecule has 21 heavy (non-hydrogen) atoms. The Hall–Kier alpha value is -1.39. The van der Waals surface area contributed by atoms with Crippen LogP contribution in [0.5, 0.6) is 0 Å². The average molecular weight is 306 g/mol. The van der Waals surface area contributed by atoms with Gasteiger partial charge in [0, 0.05) is 12.1 Å². The van der Waals surface area contributed by atoms with E-state index in [0.29, 0.717) is 17.8 Å². The number of fused-ring (bicyclic) bond motifs is 1. The predicted octanol–water partition coefficient (Wildman–Crippen LogP) is 2.62. The van der Waals surface area contributed by atoms with Gasteiger partial charge < -0.3 is 4.90 Å². The van der Waals surface area contributed by atoms with E-state index in [4.69, 9.17) is 11.6 Å². The van der Waals surface area contributed by atoms with E-state index in [1.54, 1.807) is 4.57 Å². The topological polar surface area (TPSA) is 38.1 Å². The minimum absolute atomic E-state index is 0.0179. The van der Waals surface area contributed by atoms with Crippen LogP contribution < -0.4 is 5.56 Å². The second-order valence-corrected chi connectivity index (χ2v) is 6.31. The van der Waals surface area contributed by atoms with Gasteiger partial charge in [0.05, 0.1) is 16.8 Å². The molecule has 1 aliphatic rings. The third-order valence-electron chi connectivity index (χ3n) is 4.75. The van der Waals surface area contributed by atoms with Gasteiger partial charge in [-0.05, 0) is 45.5 Å². The number of hydrogen-bond acceptors (Lipinski definition) is 3. The number of alkyl halides is 1. The van der Waals surface area contributed by atoms with E-state index in [9.17, 15) is 4.79 Å². The van der Waals surface area contributed by atoms with Crippen molar-refractivity contribution >= 4 is 22.5 Å². The fraction of sp³-hybridized carbons (Fsp3) is 0.500. The molecule has 1 fully saturated rings. The number of likely N-dealkylation sites (N-methyl/N-ethyl adjacent to an activating group) is 1. The van der Waals surface area contributed by atoms with Crippen LogP contribution in [0.1, 0.15) is 25.1 Å². The van der Waals surface area contributed by atoms with Gasteiger partial charge in [-0.25, -0.2) is 4.98 Å². The van der Waals surface area contributed by atoms with E-state index in [-0.39, 0.29) is 17.0 Å². The summed E-state index contributed by atoms with van der Waals surface area (Å²) in [5.41, 5.74) is 0.806. The summed E-state index contributed by atoms with van der Waals surface area (Å²) in [6.45, 7) is 0.665. The molecule has 1 aromatic carbocycles. The molecular formula is C16H20ClN3O. The Morgan fingerprint density at radius 3 is 2.62 bits per heavy atom. The molecule has 0 aliphatic heterocycles. The fourth-order valence-corrected chi connectivity index (χ4v) is 3.31. The molecule has 0 radical (unpaired) electrons. The molecule has 5 heteroatoms. The van der Waals surface area contributed by atoms with Gasteiger partial charge in [0.15, 0.2) is 0 Å². The number of halogens is 1. The third-order valence-corrected chi connectivity index (χ3v) is 4.98. The van der Waals surface area contributed by atoms with Crippen LogP contribution in [-0.2, 0) is 12.4 Å². The van der Waals surface area contributed by atoms with Crippen molar-refractivity contribution in [3.63, 3.8) is 0 Å². The maximum Gasteiger partial charge on any atom is 0.261 e. The Kier molecular flexibility index (Phi) is 3.76. The number of aromatic nitrogens is 2. The van der Waals surface area contributed by atoms with Crippen LogP contribution in [0.2, 0.25) is 0 Å². The smallest absolute Gasteiger partial charge is 0.261 e. The van der Waals surface area contributed by atoms with Crippen molar-refractivity contribution in [2.24, 2.45) is 0 Å². The second-order valence-electron chi connectivity index (χ2n) is 6.04. The van der Waals surface area contributed by atoms with Crippen molar-refractivity contribution in [2.45, 2.75) is 37.2 Å². The lowest BCUT2D eigenvalue weighted by Gasteiger charge is -2.47. The number of hydrogen-bond donors (Lipinski definition) is 0. The van der Waals surface area contributed by atoms with Crippen LogP contribution in [0.3, 0.4) is 0 Å². The molecule has 0 amide bonds. The maximum absolute atomic E-state index is 12.8. The molecule has 0 saturated heterocycles. The van der Waals surface area contributed by atoms with E-state index in [1.165, 1.54) is 6.42 Å². The summed E-state index contributed by atoms with van der Waals surface area (Å²) < 4.78 is 1.77.